The van der Waals surface area contributed by atoms with Crippen molar-refractivity contribution in [3.05, 3.63) is 71.8 Å². The van der Waals surface area contributed by atoms with E-state index in [2.05, 4.69) is 58.7 Å². The van der Waals surface area contributed by atoms with Gasteiger partial charge in [-0.2, -0.15) is 0 Å². The van der Waals surface area contributed by atoms with Crippen LogP contribution >= 0.6 is 0 Å². The molecular weight excluding hydrogens is 284 g/mol. The summed E-state index contributed by atoms with van der Waals surface area (Å²) >= 11 is 0. The monoisotopic (exact) mass is 308 g/mol. The van der Waals surface area contributed by atoms with Gasteiger partial charge in [0.25, 0.3) is 0 Å². The lowest BCUT2D eigenvalue weighted by Gasteiger charge is -2.44. The molecule has 0 unspecified atom stereocenters. The van der Waals surface area contributed by atoms with Gasteiger partial charge in [-0.3, -0.25) is 9.69 Å². The molecule has 0 aromatic heterocycles. The van der Waals surface area contributed by atoms with Crippen molar-refractivity contribution in [3.8, 4) is 0 Å². The molecule has 0 spiro atoms. The number of carbonyl (C=O) groups is 1. The molecule has 0 aliphatic carbocycles. The minimum absolute atomic E-state index is 0.104. The molecule has 1 saturated heterocycles. The van der Waals surface area contributed by atoms with Crippen LogP contribution in [0.3, 0.4) is 0 Å². The first-order chi connectivity index (χ1) is 11.1. The molecule has 0 radical (unpaired) electrons. The Labute approximate surface area is 138 Å². The Hall–Kier alpha value is -2.13. The summed E-state index contributed by atoms with van der Waals surface area (Å²) in [5, 5.41) is 3.02. The maximum atomic E-state index is 12.1. The first-order valence-corrected chi connectivity index (χ1v) is 8.29. The quantitative estimate of drug-likeness (QED) is 0.920. The van der Waals surface area contributed by atoms with Crippen LogP contribution in [0, 0.1) is 5.92 Å². The molecule has 1 aliphatic rings. The van der Waals surface area contributed by atoms with Gasteiger partial charge in [0.2, 0.25) is 5.91 Å². The van der Waals surface area contributed by atoms with Gasteiger partial charge in [-0.1, -0.05) is 60.7 Å². The van der Waals surface area contributed by atoms with Crippen molar-refractivity contribution in [2.24, 2.45) is 5.92 Å². The Bertz CT molecular complexity index is 594. The van der Waals surface area contributed by atoms with E-state index in [1.54, 1.807) is 0 Å². The number of nitrogens with one attached hydrogen (secondary N) is 1. The molecule has 1 heterocycles. The smallest absolute Gasteiger partial charge is 0.225 e. The van der Waals surface area contributed by atoms with Crippen LogP contribution in [-0.4, -0.2) is 29.9 Å². The van der Waals surface area contributed by atoms with Gasteiger partial charge in [0.15, 0.2) is 0 Å². The highest BCUT2D eigenvalue weighted by Crippen LogP contribution is 2.34. The van der Waals surface area contributed by atoms with E-state index in [0.29, 0.717) is 0 Å². The van der Waals surface area contributed by atoms with Gasteiger partial charge in [0, 0.05) is 19.1 Å². The zero-order valence-corrected chi connectivity index (χ0v) is 13.8. The van der Waals surface area contributed by atoms with Gasteiger partial charge in [0.1, 0.15) is 0 Å². The Morgan fingerprint density at radius 2 is 1.43 bits per heavy atom. The summed E-state index contributed by atoms with van der Waals surface area (Å²) in [6, 6.07) is 21.5. The highest BCUT2D eigenvalue weighted by molar-refractivity contribution is 5.80. The van der Waals surface area contributed by atoms with Crippen LogP contribution in [0.1, 0.15) is 31.0 Å². The predicted molar refractivity (Wildman–Crippen MR) is 93.1 cm³/mol. The lowest BCUT2D eigenvalue weighted by molar-refractivity contribution is -0.131. The summed E-state index contributed by atoms with van der Waals surface area (Å²) in [7, 11) is 0. The van der Waals surface area contributed by atoms with E-state index in [1.807, 2.05) is 26.0 Å². The van der Waals surface area contributed by atoms with Crippen molar-refractivity contribution >= 4 is 5.91 Å². The second kappa shape index (κ2) is 6.97. The number of amides is 1. The summed E-state index contributed by atoms with van der Waals surface area (Å²) in [6.45, 7) is 5.64. The average molecular weight is 308 g/mol. The van der Waals surface area contributed by atoms with Gasteiger partial charge in [-0.05, 0) is 25.0 Å². The first-order valence-electron chi connectivity index (χ1n) is 8.29. The molecule has 3 heteroatoms. The molecule has 1 N–H and O–H groups in total. The van der Waals surface area contributed by atoms with Crippen LogP contribution in [0.25, 0.3) is 0 Å². The van der Waals surface area contributed by atoms with Crippen LogP contribution in [0.4, 0.5) is 0 Å². The van der Waals surface area contributed by atoms with Gasteiger partial charge in [-0.15, -0.1) is 0 Å². The number of hydrogen-bond donors (Lipinski definition) is 1. The van der Waals surface area contributed by atoms with Crippen LogP contribution in [0.15, 0.2) is 60.7 Å². The molecule has 0 bridgehead atoms. The maximum Gasteiger partial charge on any atom is 0.225 e. The SMILES string of the molecule is CC(C)NC(=O)C1CN(C(c2ccccc2)c2ccccc2)C1. The van der Waals surface area contributed by atoms with Crippen molar-refractivity contribution in [2.75, 3.05) is 13.1 Å². The van der Waals surface area contributed by atoms with Crippen molar-refractivity contribution in [2.45, 2.75) is 25.9 Å². The van der Waals surface area contributed by atoms with Gasteiger partial charge in [-0.25, -0.2) is 0 Å². The van der Waals surface area contributed by atoms with Crippen molar-refractivity contribution in [1.29, 1.82) is 0 Å². The minimum atomic E-state index is 0.104. The number of benzene rings is 2. The van der Waals surface area contributed by atoms with Crippen LogP contribution in [0.5, 0.6) is 0 Å². The predicted octanol–water partition coefficient (Wildman–Crippen LogP) is 3.23. The normalized spacial score (nSPS) is 15.7. The summed E-state index contributed by atoms with van der Waals surface area (Å²) in [6.07, 6.45) is 0. The number of hydrogen-bond acceptors (Lipinski definition) is 2. The molecule has 2 aromatic carbocycles. The molecule has 1 aliphatic heterocycles. The van der Waals surface area contributed by atoms with Crippen molar-refractivity contribution in [3.63, 3.8) is 0 Å². The summed E-state index contributed by atoms with van der Waals surface area (Å²) in [5.74, 6) is 0.281. The Balaban J connectivity index is 1.76. The fraction of sp³-hybridized carbons (Fsp3) is 0.350. The number of nitrogens with zero attached hydrogens (tertiary/aromatic N) is 1. The second-order valence-corrected chi connectivity index (χ2v) is 6.54. The summed E-state index contributed by atoms with van der Waals surface area (Å²) in [5.41, 5.74) is 2.56. The van der Waals surface area contributed by atoms with Crippen LogP contribution in [0.2, 0.25) is 0 Å². The summed E-state index contributed by atoms with van der Waals surface area (Å²) < 4.78 is 0. The van der Waals surface area contributed by atoms with E-state index in [0.717, 1.165) is 13.1 Å². The zero-order chi connectivity index (χ0) is 16.2. The maximum absolute atomic E-state index is 12.1. The third-order valence-corrected chi connectivity index (χ3v) is 4.31. The highest BCUT2D eigenvalue weighted by Gasteiger charge is 2.37. The molecule has 1 fully saturated rings. The average Bonchev–Trinajstić information content (AvgIpc) is 2.51. The lowest BCUT2D eigenvalue weighted by atomic mass is 9.90. The molecule has 1 amide bonds. The van der Waals surface area contributed by atoms with Gasteiger partial charge in [0.05, 0.1) is 12.0 Å². The van der Waals surface area contributed by atoms with E-state index < -0.39 is 0 Å². The summed E-state index contributed by atoms with van der Waals surface area (Å²) in [4.78, 5) is 14.5. The highest BCUT2D eigenvalue weighted by atomic mass is 16.2. The topological polar surface area (TPSA) is 32.3 Å². The van der Waals surface area contributed by atoms with Gasteiger partial charge >= 0.3 is 0 Å². The van der Waals surface area contributed by atoms with E-state index in [4.69, 9.17) is 0 Å². The number of likely N-dealkylation sites (tertiary alicyclic amines) is 1. The third-order valence-electron chi connectivity index (χ3n) is 4.31. The van der Waals surface area contributed by atoms with E-state index in [9.17, 15) is 4.79 Å². The Morgan fingerprint density at radius 3 is 1.87 bits per heavy atom. The molecule has 23 heavy (non-hydrogen) atoms. The molecular formula is C20H24N2O. The standard InChI is InChI=1S/C20H24N2O/c1-15(2)21-20(23)18-13-22(14-18)19(16-9-5-3-6-10-16)17-11-7-4-8-12-17/h3-12,15,18-19H,13-14H2,1-2H3,(H,21,23). The third kappa shape index (κ3) is 3.62. The Morgan fingerprint density at radius 1 is 0.957 bits per heavy atom. The van der Waals surface area contributed by atoms with Crippen LogP contribution < -0.4 is 5.32 Å². The minimum Gasteiger partial charge on any atom is -0.354 e. The molecule has 3 rings (SSSR count). The van der Waals surface area contributed by atoms with Crippen molar-refractivity contribution < 1.29 is 4.79 Å². The fourth-order valence-corrected chi connectivity index (χ4v) is 3.18. The second-order valence-electron chi connectivity index (χ2n) is 6.54. The van der Waals surface area contributed by atoms with E-state index in [1.165, 1.54) is 11.1 Å². The molecule has 2 aromatic rings. The number of rotatable bonds is 5. The largest absolute Gasteiger partial charge is 0.354 e. The Kier molecular flexibility index (Phi) is 4.77. The van der Waals surface area contributed by atoms with Crippen LogP contribution in [-0.2, 0) is 4.79 Å². The molecule has 0 saturated carbocycles. The van der Waals surface area contributed by atoms with E-state index >= 15 is 0 Å². The van der Waals surface area contributed by atoms with Gasteiger partial charge < -0.3 is 5.32 Å². The molecule has 0 atom stereocenters. The van der Waals surface area contributed by atoms with Crippen molar-refractivity contribution in [1.82, 2.24) is 10.2 Å². The lowest BCUT2D eigenvalue weighted by Crippen LogP contribution is -2.55. The fourth-order valence-electron chi connectivity index (χ4n) is 3.18. The number of carbonyl (C=O) groups excluding carboxylic acids is 1. The molecule has 3 nitrogen and oxygen atoms in total. The molecule has 120 valence electrons. The zero-order valence-electron chi connectivity index (χ0n) is 13.8. The first kappa shape index (κ1) is 15.8. The van der Waals surface area contributed by atoms with E-state index in [-0.39, 0.29) is 23.9 Å².